The van der Waals surface area contributed by atoms with Crippen molar-refractivity contribution in [2.75, 3.05) is 5.32 Å². The Morgan fingerprint density at radius 3 is 2.31 bits per heavy atom. The third kappa shape index (κ3) is 6.83. The second-order valence-corrected chi connectivity index (χ2v) is 9.59. The maximum absolute atomic E-state index is 13.5. The molecule has 178 valence electrons. The molecule has 0 aliphatic heterocycles. The summed E-state index contributed by atoms with van der Waals surface area (Å²) in [7, 11) is -4.16. The first-order valence-electron chi connectivity index (χ1n) is 10.7. The highest BCUT2D eigenvalue weighted by atomic mass is 31.2. The molecule has 0 atom stereocenters. The molecule has 1 heterocycles. The molecule has 0 aliphatic rings. The standard InChI is InChI=1S/C26H23FN3O4P/c27-23-11-8-21(9-12-23)26-22(16-28-30(26)17-19-4-2-1-3-5-19)10-15-25(31)29-24-13-6-20(7-14-24)18-35(32,33)34/h1-16H,17-18H2,(H,29,31)(H2,32,33,34)/b15-10+. The monoisotopic (exact) mass is 491 g/mol. The highest BCUT2D eigenvalue weighted by molar-refractivity contribution is 7.50. The quantitative estimate of drug-likeness (QED) is 0.236. The predicted molar refractivity (Wildman–Crippen MR) is 133 cm³/mol. The molecule has 7 nitrogen and oxygen atoms in total. The van der Waals surface area contributed by atoms with Gasteiger partial charge in [0.2, 0.25) is 5.91 Å². The van der Waals surface area contributed by atoms with E-state index in [0.29, 0.717) is 23.4 Å². The summed E-state index contributed by atoms with van der Waals surface area (Å²) >= 11 is 0. The highest BCUT2D eigenvalue weighted by Crippen LogP contribution is 2.39. The van der Waals surface area contributed by atoms with Crippen molar-refractivity contribution in [3.05, 3.63) is 114 Å². The minimum Gasteiger partial charge on any atom is -0.324 e. The van der Waals surface area contributed by atoms with Gasteiger partial charge in [0.1, 0.15) is 5.82 Å². The van der Waals surface area contributed by atoms with Gasteiger partial charge in [-0.15, -0.1) is 0 Å². The number of benzene rings is 3. The Hall–Kier alpha value is -3.84. The zero-order valence-electron chi connectivity index (χ0n) is 18.6. The Morgan fingerprint density at radius 1 is 0.971 bits per heavy atom. The van der Waals surface area contributed by atoms with E-state index in [1.54, 1.807) is 53.4 Å². The second kappa shape index (κ2) is 10.6. The molecule has 35 heavy (non-hydrogen) atoms. The summed E-state index contributed by atoms with van der Waals surface area (Å²) in [5.74, 6) is -0.722. The Bertz CT molecular complexity index is 1380. The van der Waals surface area contributed by atoms with Crippen LogP contribution in [0.1, 0.15) is 16.7 Å². The van der Waals surface area contributed by atoms with E-state index in [-0.39, 0.29) is 17.9 Å². The van der Waals surface area contributed by atoms with Gasteiger partial charge in [0.15, 0.2) is 0 Å². The number of anilines is 1. The number of rotatable bonds is 8. The topological polar surface area (TPSA) is 104 Å². The lowest BCUT2D eigenvalue weighted by Gasteiger charge is -2.09. The molecule has 1 aromatic heterocycles. The minimum atomic E-state index is -4.16. The number of nitrogens with one attached hydrogen (secondary N) is 1. The number of nitrogens with zero attached hydrogens (tertiary/aromatic N) is 2. The number of amides is 1. The summed E-state index contributed by atoms with van der Waals surface area (Å²) in [6.45, 7) is 0.508. The van der Waals surface area contributed by atoms with E-state index in [1.165, 1.54) is 18.2 Å². The van der Waals surface area contributed by atoms with Crippen LogP contribution in [-0.2, 0) is 22.1 Å². The lowest BCUT2D eigenvalue weighted by molar-refractivity contribution is -0.111. The Balaban J connectivity index is 1.54. The molecule has 0 spiro atoms. The van der Waals surface area contributed by atoms with Gasteiger partial charge in [-0.05, 0) is 53.6 Å². The van der Waals surface area contributed by atoms with E-state index < -0.39 is 7.60 Å². The summed E-state index contributed by atoms with van der Waals surface area (Å²) in [6.07, 6.45) is 4.31. The molecular formula is C26H23FN3O4P. The summed E-state index contributed by atoms with van der Waals surface area (Å²) in [6, 6.07) is 22.2. The molecule has 0 aliphatic carbocycles. The van der Waals surface area contributed by atoms with E-state index in [4.69, 9.17) is 9.79 Å². The molecule has 0 radical (unpaired) electrons. The highest BCUT2D eigenvalue weighted by Gasteiger charge is 2.14. The maximum atomic E-state index is 13.5. The molecule has 3 aromatic carbocycles. The molecule has 4 aromatic rings. The molecule has 0 saturated carbocycles. The van der Waals surface area contributed by atoms with Crippen molar-refractivity contribution in [2.45, 2.75) is 12.7 Å². The lowest BCUT2D eigenvalue weighted by Crippen LogP contribution is -2.07. The predicted octanol–water partition coefficient (Wildman–Crippen LogP) is 5.07. The number of hydrogen-bond acceptors (Lipinski definition) is 3. The van der Waals surface area contributed by atoms with E-state index in [9.17, 15) is 13.8 Å². The third-order valence-corrected chi connectivity index (χ3v) is 5.96. The molecular weight excluding hydrogens is 468 g/mol. The average Bonchev–Trinajstić information content (AvgIpc) is 3.21. The SMILES string of the molecule is O=C(/C=C/c1cnn(Cc2ccccc2)c1-c1ccc(F)cc1)Nc1ccc(CP(=O)(O)O)cc1. The van der Waals surface area contributed by atoms with Crippen molar-refractivity contribution in [3.8, 4) is 11.3 Å². The Morgan fingerprint density at radius 2 is 1.66 bits per heavy atom. The van der Waals surface area contributed by atoms with Crippen molar-refractivity contribution >= 4 is 25.3 Å². The van der Waals surface area contributed by atoms with Gasteiger partial charge in [0.25, 0.3) is 0 Å². The molecule has 4 rings (SSSR count). The lowest BCUT2D eigenvalue weighted by atomic mass is 10.1. The van der Waals surface area contributed by atoms with Crippen molar-refractivity contribution in [2.24, 2.45) is 0 Å². The van der Waals surface area contributed by atoms with E-state index in [0.717, 1.165) is 16.8 Å². The molecule has 9 heteroatoms. The van der Waals surface area contributed by atoms with Gasteiger partial charge >= 0.3 is 7.60 Å². The van der Waals surface area contributed by atoms with Crippen LogP contribution in [0, 0.1) is 5.82 Å². The molecule has 0 fully saturated rings. The minimum absolute atomic E-state index is 0.342. The summed E-state index contributed by atoms with van der Waals surface area (Å²) in [5.41, 5.74) is 4.23. The van der Waals surface area contributed by atoms with Gasteiger partial charge in [-0.25, -0.2) is 4.39 Å². The Kier molecular flexibility index (Phi) is 7.36. The van der Waals surface area contributed by atoms with Crippen molar-refractivity contribution < 1.29 is 23.5 Å². The van der Waals surface area contributed by atoms with E-state index >= 15 is 0 Å². The maximum Gasteiger partial charge on any atom is 0.329 e. The molecule has 3 N–H and O–H groups in total. The van der Waals surface area contributed by atoms with Gasteiger partial charge in [-0.1, -0.05) is 42.5 Å². The van der Waals surface area contributed by atoms with Crippen molar-refractivity contribution in [3.63, 3.8) is 0 Å². The smallest absolute Gasteiger partial charge is 0.324 e. The van der Waals surface area contributed by atoms with Gasteiger partial charge in [0.05, 0.1) is 24.6 Å². The van der Waals surface area contributed by atoms with E-state index in [1.807, 2.05) is 30.3 Å². The number of carbonyl (C=O) groups excluding carboxylic acids is 1. The first kappa shape index (κ1) is 24.3. The first-order valence-corrected chi connectivity index (χ1v) is 12.5. The van der Waals surface area contributed by atoms with E-state index in [2.05, 4.69) is 10.4 Å². The molecule has 0 unspecified atom stereocenters. The fourth-order valence-corrected chi connectivity index (χ4v) is 4.29. The van der Waals surface area contributed by atoms with Crippen LogP contribution in [0.5, 0.6) is 0 Å². The van der Waals surface area contributed by atoms with Crippen molar-refractivity contribution in [1.29, 1.82) is 0 Å². The van der Waals surface area contributed by atoms with Crippen LogP contribution in [0.15, 0.2) is 91.1 Å². The van der Waals surface area contributed by atoms with Gasteiger partial charge in [0, 0.05) is 22.9 Å². The normalized spacial score (nSPS) is 11.6. The fraction of sp³-hybridized carbons (Fsp3) is 0.0769. The molecule has 0 saturated heterocycles. The van der Waals surface area contributed by atoms with Crippen molar-refractivity contribution in [1.82, 2.24) is 9.78 Å². The van der Waals surface area contributed by atoms with Gasteiger partial charge < -0.3 is 15.1 Å². The summed E-state index contributed by atoms with van der Waals surface area (Å²) in [5, 5.41) is 7.21. The molecule has 0 bridgehead atoms. The van der Waals surface area contributed by atoms with Gasteiger partial charge in [-0.2, -0.15) is 5.10 Å². The Labute approximate surface area is 201 Å². The zero-order chi connectivity index (χ0) is 24.8. The summed E-state index contributed by atoms with van der Waals surface area (Å²) < 4.78 is 26.4. The average molecular weight is 491 g/mol. The largest absolute Gasteiger partial charge is 0.329 e. The fourth-order valence-electron chi connectivity index (χ4n) is 3.60. The van der Waals surface area contributed by atoms with Gasteiger partial charge in [-0.3, -0.25) is 14.0 Å². The second-order valence-electron chi connectivity index (χ2n) is 7.94. The van der Waals surface area contributed by atoms with Crippen LogP contribution in [-0.4, -0.2) is 25.5 Å². The third-order valence-electron chi connectivity index (χ3n) is 5.18. The first-order chi connectivity index (χ1) is 16.8. The number of aromatic nitrogens is 2. The van der Waals surface area contributed by atoms with Crippen LogP contribution in [0.3, 0.4) is 0 Å². The van der Waals surface area contributed by atoms with Crippen LogP contribution in [0.4, 0.5) is 10.1 Å². The van der Waals surface area contributed by atoms with Crippen LogP contribution >= 0.6 is 7.60 Å². The zero-order valence-corrected chi connectivity index (χ0v) is 19.5. The number of carbonyl (C=O) groups is 1. The summed E-state index contributed by atoms with van der Waals surface area (Å²) in [4.78, 5) is 30.6. The van der Waals surface area contributed by atoms with Crippen LogP contribution in [0.2, 0.25) is 0 Å². The van der Waals surface area contributed by atoms with Crippen LogP contribution in [0.25, 0.3) is 17.3 Å². The van der Waals surface area contributed by atoms with Crippen LogP contribution < -0.4 is 5.32 Å². The number of halogens is 1. The number of hydrogen-bond donors (Lipinski definition) is 3. The molecule has 1 amide bonds.